The molecule has 2 rings (SSSR count). The molecule has 0 saturated carbocycles. The molecule has 1 aromatic carbocycles. The van der Waals surface area contributed by atoms with Crippen LogP contribution < -0.4 is 5.73 Å². The second-order valence-corrected chi connectivity index (χ2v) is 5.08. The first-order valence-electron chi connectivity index (χ1n) is 6.16. The van der Waals surface area contributed by atoms with Gasteiger partial charge in [-0.25, -0.2) is 4.79 Å². The van der Waals surface area contributed by atoms with Crippen molar-refractivity contribution in [2.45, 2.75) is 32.8 Å². The number of aryl methyl sites for hydroxylation is 3. The van der Waals surface area contributed by atoms with Gasteiger partial charge in [0.05, 0.1) is 5.71 Å². The zero-order valence-electron chi connectivity index (χ0n) is 11.4. The van der Waals surface area contributed by atoms with E-state index in [2.05, 4.69) is 5.16 Å². The van der Waals surface area contributed by atoms with Crippen LogP contribution in [-0.2, 0) is 9.63 Å². The predicted octanol–water partition coefficient (Wildman–Crippen LogP) is 1.52. The van der Waals surface area contributed by atoms with E-state index in [1.54, 1.807) is 0 Å². The summed E-state index contributed by atoms with van der Waals surface area (Å²) in [5.74, 6) is -1.07. The van der Waals surface area contributed by atoms with Crippen LogP contribution in [0, 0.1) is 20.8 Å². The Hall–Kier alpha value is -1.88. The molecule has 0 aromatic heterocycles. The third kappa shape index (κ3) is 2.21. The van der Waals surface area contributed by atoms with Crippen molar-refractivity contribution in [3.63, 3.8) is 0 Å². The highest BCUT2D eigenvalue weighted by Gasteiger charge is 2.46. The van der Waals surface area contributed by atoms with Crippen LogP contribution >= 0.6 is 0 Å². The molecule has 1 aliphatic rings. The van der Waals surface area contributed by atoms with E-state index >= 15 is 0 Å². The Morgan fingerprint density at radius 3 is 2.42 bits per heavy atom. The van der Waals surface area contributed by atoms with Crippen molar-refractivity contribution in [1.29, 1.82) is 0 Å². The molecule has 1 aromatic rings. The van der Waals surface area contributed by atoms with Crippen molar-refractivity contribution in [3.8, 4) is 0 Å². The van der Waals surface area contributed by atoms with Crippen LogP contribution in [0.3, 0.4) is 0 Å². The largest absolute Gasteiger partial charge is 0.478 e. The molecule has 0 saturated heterocycles. The Labute approximate surface area is 112 Å². The fourth-order valence-corrected chi connectivity index (χ4v) is 2.56. The molecular weight excluding hydrogens is 244 g/mol. The van der Waals surface area contributed by atoms with Gasteiger partial charge in [-0.15, -0.1) is 0 Å². The molecule has 0 amide bonds. The Morgan fingerprint density at radius 2 is 2.00 bits per heavy atom. The van der Waals surface area contributed by atoms with Gasteiger partial charge < -0.3 is 15.7 Å². The summed E-state index contributed by atoms with van der Waals surface area (Å²) in [6.07, 6.45) is 0.198. The second-order valence-electron chi connectivity index (χ2n) is 5.08. The standard InChI is InChI=1S/C14H18N2O3/c1-8-4-9(2)12(10(3)5-8)11-6-14(7-15,13(17)18)19-16-11/h4-5H,6-7,15H2,1-3H3,(H,17,18). The van der Waals surface area contributed by atoms with E-state index < -0.39 is 11.6 Å². The lowest BCUT2D eigenvalue weighted by Crippen LogP contribution is -2.46. The topological polar surface area (TPSA) is 84.9 Å². The molecule has 0 fully saturated rings. The maximum absolute atomic E-state index is 11.3. The van der Waals surface area contributed by atoms with Gasteiger partial charge in [0.2, 0.25) is 0 Å². The Morgan fingerprint density at radius 1 is 1.42 bits per heavy atom. The summed E-state index contributed by atoms with van der Waals surface area (Å²) in [6, 6.07) is 4.10. The number of carbonyl (C=O) groups is 1. The average Bonchev–Trinajstić information content (AvgIpc) is 2.73. The number of nitrogens with zero attached hydrogens (tertiary/aromatic N) is 1. The van der Waals surface area contributed by atoms with Crippen LogP contribution in [0.15, 0.2) is 17.3 Å². The number of hydrogen-bond donors (Lipinski definition) is 2. The highest BCUT2D eigenvalue weighted by atomic mass is 16.7. The zero-order chi connectivity index (χ0) is 14.2. The molecule has 0 bridgehead atoms. The molecular formula is C14H18N2O3. The molecule has 19 heavy (non-hydrogen) atoms. The fraction of sp³-hybridized carbons (Fsp3) is 0.429. The first-order chi connectivity index (χ1) is 8.89. The van der Waals surface area contributed by atoms with E-state index in [0.717, 1.165) is 16.7 Å². The number of nitrogens with two attached hydrogens (primary N) is 1. The molecule has 0 radical (unpaired) electrons. The monoisotopic (exact) mass is 262 g/mol. The highest BCUT2D eigenvalue weighted by Crippen LogP contribution is 2.29. The summed E-state index contributed by atoms with van der Waals surface area (Å²) in [5.41, 5.74) is 9.03. The summed E-state index contributed by atoms with van der Waals surface area (Å²) in [5, 5.41) is 13.2. The number of carboxylic acid groups (broad SMARTS) is 1. The Balaban J connectivity index is 2.39. The van der Waals surface area contributed by atoms with Gasteiger partial charge in [-0.2, -0.15) is 0 Å². The molecule has 1 unspecified atom stereocenters. The highest BCUT2D eigenvalue weighted by molar-refractivity contribution is 6.06. The van der Waals surface area contributed by atoms with Gasteiger partial charge in [-0.05, 0) is 31.9 Å². The fourth-order valence-electron chi connectivity index (χ4n) is 2.56. The summed E-state index contributed by atoms with van der Waals surface area (Å²) in [4.78, 5) is 16.4. The van der Waals surface area contributed by atoms with Crippen LogP contribution in [0.2, 0.25) is 0 Å². The lowest BCUT2D eigenvalue weighted by atomic mass is 9.89. The number of hydrogen-bond acceptors (Lipinski definition) is 4. The molecule has 0 spiro atoms. The van der Waals surface area contributed by atoms with Crippen molar-refractivity contribution in [2.24, 2.45) is 10.9 Å². The molecule has 5 nitrogen and oxygen atoms in total. The van der Waals surface area contributed by atoms with Crippen molar-refractivity contribution in [1.82, 2.24) is 0 Å². The minimum Gasteiger partial charge on any atom is -0.478 e. The van der Waals surface area contributed by atoms with Gasteiger partial charge in [0.15, 0.2) is 0 Å². The zero-order valence-corrected chi connectivity index (χ0v) is 11.4. The van der Waals surface area contributed by atoms with Gasteiger partial charge in [0.1, 0.15) is 0 Å². The molecule has 1 heterocycles. The number of rotatable bonds is 3. The average molecular weight is 262 g/mol. The van der Waals surface area contributed by atoms with Gasteiger partial charge >= 0.3 is 5.97 Å². The predicted molar refractivity (Wildman–Crippen MR) is 72.3 cm³/mol. The number of carboxylic acids is 1. The lowest BCUT2D eigenvalue weighted by Gasteiger charge is -2.19. The van der Waals surface area contributed by atoms with E-state index in [4.69, 9.17) is 10.6 Å². The molecule has 5 heteroatoms. The number of oxime groups is 1. The summed E-state index contributed by atoms with van der Waals surface area (Å²) < 4.78 is 0. The first kappa shape index (κ1) is 13.5. The second kappa shape index (κ2) is 4.66. The number of benzene rings is 1. The summed E-state index contributed by atoms with van der Waals surface area (Å²) >= 11 is 0. The van der Waals surface area contributed by atoms with E-state index in [-0.39, 0.29) is 13.0 Å². The van der Waals surface area contributed by atoms with E-state index in [1.807, 2.05) is 32.9 Å². The van der Waals surface area contributed by atoms with E-state index in [9.17, 15) is 9.90 Å². The van der Waals surface area contributed by atoms with Gasteiger partial charge in [0.25, 0.3) is 5.60 Å². The maximum atomic E-state index is 11.3. The molecule has 1 aliphatic heterocycles. The normalized spacial score (nSPS) is 22.0. The Kier molecular flexibility index (Phi) is 3.32. The van der Waals surface area contributed by atoms with Crippen molar-refractivity contribution >= 4 is 11.7 Å². The minimum absolute atomic E-state index is 0.0979. The SMILES string of the molecule is Cc1cc(C)c(C2=NOC(CN)(C(=O)O)C2)c(C)c1. The van der Waals surface area contributed by atoms with Crippen LogP contribution in [0.5, 0.6) is 0 Å². The van der Waals surface area contributed by atoms with Gasteiger partial charge in [-0.1, -0.05) is 22.9 Å². The summed E-state index contributed by atoms with van der Waals surface area (Å²) in [6.45, 7) is 5.90. The molecule has 3 N–H and O–H groups in total. The Bertz CT molecular complexity index is 543. The molecule has 1 atom stereocenters. The lowest BCUT2D eigenvalue weighted by molar-refractivity contribution is -0.161. The van der Waals surface area contributed by atoms with E-state index in [0.29, 0.717) is 5.71 Å². The quantitative estimate of drug-likeness (QED) is 0.864. The van der Waals surface area contributed by atoms with Crippen LogP contribution in [0.25, 0.3) is 0 Å². The summed E-state index contributed by atoms with van der Waals surface area (Å²) in [7, 11) is 0. The van der Waals surface area contributed by atoms with Crippen LogP contribution in [0.4, 0.5) is 0 Å². The third-order valence-corrected chi connectivity index (χ3v) is 3.47. The first-order valence-corrected chi connectivity index (χ1v) is 6.16. The molecule has 0 aliphatic carbocycles. The van der Waals surface area contributed by atoms with Crippen molar-refractivity contribution in [2.75, 3.05) is 6.54 Å². The smallest absolute Gasteiger partial charge is 0.352 e. The molecule has 102 valence electrons. The minimum atomic E-state index is -1.42. The van der Waals surface area contributed by atoms with Gasteiger partial charge in [0, 0.05) is 18.5 Å². The van der Waals surface area contributed by atoms with Crippen LogP contribution in [-0.4, -0.2) is 28.9 Å². The van der Waals surface area contributed by atoms with E-state index in [1.165, 1.54) is 5.56 Å². The van der Waals surface area contributed by atoms with Crippen LogP contribution in [0.1, 0.15) is 28.7 Å². The third-order valence-electron chi connectivity index (χ3n) is 3.47. The number of aliphatic carboxylic acids is 1. The van der Waals surface area contributed by atoms with Crippen molar-refractivity contribution < 1.29 is 14.7 Å². The van der Waals surface area contributed by atoms with Gasteiger partial charge in [-0.3, -0.25) is 0 Å². The maximum Gasteiger partial charge on any atom is 0.352 e. The van der Waals surface area contributed by atoms with Crippen molar-refractivity contribution in [3.05, 3.63) is 34.4 Å².